The van der Waals surface area contributed by atoms with Crippen molar-refractivity contribution in [2.45, 2.75) is 51.0 Å². The van der Waals surface area contributed by atoms with Crippen molar-refractivity contribution >= 4 is 11.7 Å². The molecule has 2 aliphatic heterocycles. The number of carbonyl (C=O) groups excluding carboxylic acids is 1. The monoisotopic (exact) mass is 439 g/mol. The number of amides is 1. The number of piperidine rings is 1. The van der Waals surface area contributed by atoms with E-state index in [1.807, 2.05) is 26.0 Å². The van der Waals surface area contributed by atoms with E-state index in [1.165, 1.54) is 17.7 Å². The lowest BCUT2D eigenvalue weighted by atomic mass is 9.87. The largest absolute Gasteiger partial charge is 0.303 e. The molecule has 1 fully saturated rings. The van der Waals surface area contributed by atoms with Crippen LogP contribution in [0.1, 0.15) is 56.6 Å². The van der Waals surface area contributed by atoms with E-state index in [0.29, 0.717) is 18.9 Å². The van der Waals surface area contributed by atoms with Gasteiger partial charge in [0.2, 0.25) is 0 Å². The van der Waals surface area contributed by atoms with Gasteiger partial charge in [-0.2, -0.15) is 0 Å². The molecule has 2 heterocycles. The molecule has 1 saturated heterocycles. The Morgan fingerprint density at radius 3 is 2.16 bits per heavy atom. The Morgan fingerprint density at radius 2 is 1.56 bits per heavy atom. The molecule has 4 nitrogen and oxygen atoms in total. The van der Waals surface area contributed by atoms with Crippen LogP contribution < -0.4 is 0 Å². The number of benzene rings is 2. The molecule has 6 heteroatoms. The highest BCUT2D eigenvalue weighted by Gasteiger charge is 2.46. The highest BCUT2D eigenvalue weighted by molar-refractivity contribution is 6.07. The lowest BCUT2D eigenvalue weighted by molar-refractivity contribution is -0.131. The number of amidine groups is 1. The molecule has 4 rings (SSSR count). The molecule has 2 aromatic rings. The minimum Gasteiger partial charge on any atom is -0.303 e. The predicted molar refractivity (Wildman–Crippen MR) is 123 cm³/mol. The molecule has 2 aliphatic rings. The van der Waals surface area contributed by atoms with E-state index in [4.69, 9.17) is 4.99 Å². The highest BCUT2D eigenvalue weighted by atomic mass is 19.1. The van der Waals surface area contributed by atoms with E-state index in [-0.39, 0.29) is 17.5 Å². The number of carbonyl (C=O) groups is 1. The first-order valence-electron chi connectivity index (χ1n) is 11.5. The van der Waals surface area contributed by atoms with Crippen LogP contribution in [0.15, 0.2) is 53.5 Å². The van der Waals surface area contributed by atoms with Crippen LogP contribution in [0.2, 0.25) is 0 Å². The third kappa shape index (κ3) is 4.46. The lowest BCUT2D eigenvalue weighted by Crippen LogP contribution is -2.42. The van der Waals surface area contributed by atoms with Gasteiger partial charge in [-0.3, -0.25) is 14.7 Å². The Balaban J connectivity index is 1.30. The summed E-state index contributed by atoms with van der Waals surface area (Å²) in [6.45, 7) is 7.42. The Hall–Kier alpha value is -2.60. The number of halogens is 2. The van der Waals surface area contributed by atoms with Gasteiger partial charge in [0.05, 0.1) is 0 Å². The van der Waals surface area contributed by atoms with Gasteiger partial charge in [-0.15, -0.1) is 0 Å². The highest BCUT2D eigenvalue weighted by Crippen LogP contribution is 2.37. The molecule has 0 unspecified atom stereocenters. The predicted octanol–water partition coefficient (Wildman–Crippen LogP) is 5.10. The smallest absolute Gasteiger partial charge is 0.260 e. The molecule has 2 aromatic carbocycles. The topological polar surface area (TPSA) is 35.9 Å². The molecule has 32 heavy (non-hydrogen) atoms. The molecule has 170 valence electrons. The van der Waals surface area contributed by atoms with Crippen LogP contribution in [0, 0.1) is 11.6 Å². The molecular weight excluding hydrogens is 408 g/mol. The van der Waals surface area contributed by atoms with E-state index in [1.54, 1.807) is 29.2 Å². The summed E-state index contributed by atoms with van der Waals surface area (Å²) in [5.41, 5.74) is 1.03. The van der Waals surface area contributed by atoms with Gasteiger partial charge in [-0.05, 0) is 93.6 Å². The van der Waals surface area contributed by atoms with E-state index in [2.05, 4.69) is 4.90 Å². The van der Waals surface area contributed by atoms with Crippen LogP contribution in [-0.2, 0) is 10.3 Å². The Kier molecular flexibility index (Phi) is 6.70. The number of hydrogen-bond donors (Lipinski definition) is 0. The van der Waals surface area contributed by atoms with Gasteiger partial charge in [0.15, 0.2) is 5.54 Å². The number of rotatable bonds is 7. The van der Waals surface area contributed by atoms with Gasteiger partial charge in [0.25, 0.3) is 5.91 Å². The number of likely N-dealkylation sites (tertiary alicyclic amines) is 1. The summed E-state index contributed by atoms with van der Waals surface area (Å²) in [7, 11) is 0. The molecule has 0 aliphatic carbocycles. The zero-order valence-corrected chi connectivity index (χ0v) is 18.9. The summed E-state index contributed by atoms with van der Waals surface area (Å²) < 4.78 is 26.5. The minimum atomic E-state index is -0.939. The molecule has 0 aromatic heterocycles. The number of nitrogens with zero attached hydrogens (tertiary/aromatic N) is 3. The summed E-state index contributed by atoms with van der Waals surface area (Å²) in [5.74, 6) is 0.705. The number of aliphatic imine (C=N–C) groups is 1. The van der Waals surface area contributed by atoms with Crippen LogP contribution in [0.3, 0.4) is 0 Å². The quantitative estimate of drug-likeness (QED) is 0.602. The molecule has 0 saturated carbocycles. The fourth-order valence-electron chi connectivity index (χ4n) is 5.04. The average Bonchev–Trinajstić information content (AvgIpc) is 3.06. The van der Waals surface area contributed by atoms with Crippen molar-refractivity contribution in [1.29, 1.82) is 0 Å². The van der Waals surface area contributed by atoms with Crippen molar-refractivity contribution < 1.29 is 13.6 Å². The third-order valence-corrected chi connectivity index (χ3v) is 6.96. The summed E-state index contributed by atoms with van der Waals surface area (Å²) >= 11 is 0. The van der Waals surface area contributed by atoms with Gasteiger partial charge in [-0.1, -0.05) is 31.2 Å². The van der Waals surface area contributed by atoms with Gasteiger partial charge >= 0.3 is 0 Å². The standard InChI is InChI=1S/C26H31F2N3O/c1-3-26(22-7-11-24(28)12-8-22)25(32)31(19(2)29-26)16-4-15-30-17-13-21(14-18-30)20-5-9-23(27)10-6-20/h5-12,21H,3-4,13-18H2,1-2H3/t26-/m0/s1. The summed E-state index contributed by atoms with van der Waals surface area (Å²) in [6.07, 6.45) is 3.56. The first-order valence-corrected chi connectivity index (χ1v) is 11.5. The van der Waals surface area contributed by atoms with Gasteiger partial charge in [-0.25, -0.2) is 8.78 Å². The second kappa shape index (κ2) is 9.49. The zero-order valence-electron chi connectivity index (χ0n) is 18.9. The van der Waals surface area contributed by atoms with Gasteiger partial charge in [0.1, 0.15) is 17.5 Å². The minimum absolute atomic E-state index is 0.0147. The Bertz CT molecular complexity index is 966. The normalized spacial score (nSPS) is 22.4. The Morgan fingerprint density at radius 1 is 0.969 bits per heavy atom. The van der Waals surface area contributed by atoms with Crippen molar-refractivity contribution in [3.63, 3.8) is 0 Å². The van der Waals surface area contributed by atoms with Crippen LogP contribution in [0.25, 0.3) is 0 Å². The van der Waals surface area contributed by atoms with Gasteiger partial charge in [0, 0.05) is 6.54 Å². The van der Waals surface area contributed by atoms with Crippen molar-refractivity contribution in [2.24, 2.45) is 4.99 Å². The maximum absolute atomic E-state index is 13.4. The van der Waals surface area contributed by atoms with Crippen LogP contribution in [0.4, 0.5) is 8.78 Å². The van der Waals surface area contributed by atoms with E-state index < -0.39 is 5.54 Å². The SMILES string of the molecule is CC[C@@]1(c2ccc(F)cc2)N=C(C)N(CCCN2CCC(c3ccc(F)cc3)CC2)C1=O. The fourth-order valence-corrected chi connectivity index (χ4v) is 5.04. The van der Waals surface area contributed by atoms with Crippen LogP contribution in [-0.4, -0.2) is 47.7 Å². The maximum atomic E-state index is 13.4. The second-order valence-electron chi connectivity index (χ2n) is 8.86. The average molecular weight is 440 g/mol. The molecule has 0 N–H and O–H groups in total. The Labute approximate surface area is 188 Å². The van der Waals surface area contributed by atoms with E-state index in [9.17, 15) is 13.6 Å². The van der Waals surface area contributed by atoms with E-state index >= 15 is 0 Å². The van der Waals surface area contributed by atoms with Crippen molar-refractivity contribution in [1.82, 2.24) is 9.80 Å². The van der Waals surface area contributed by atoms with E-state index in [0.717, 1.165) is 50.3 Å². The molecule has 0 spiro atoms. The first kappa shape index (κ1) is 22.6. The third-order valence-electron chi connectivity index (χ3n) is 6.96. The number of hydrogen-bond acceptors (Lipinski definition) is 3. The van der Waals surface area contributed by atoms with Gasteiger partial charge < -0.3 is 4.90 Å². The zero-order chi connectivity index (χ0) is 22.7. The van der Waals surface area contributed by atoms with Crippen molar-refractivity contribution in [3.8, 4) is 0 Å². The molecule has 1 amide bonds. The molecule has 1 atom stereocenters. The fraction of sp³-hybridized carbons (Fsp3) is 0.462. The van der Waals surface area contributed by atoms with Crippen molar-refractivity contribution in [2.75, 3.05) is 26.2 Å². The molecule has 0 radical (unpaired) electrons. The first-order chi connectivity index (χ1) is 15.4. The van der Waals surface area contributed by atoms with Crippen LogP contribution in [0.5, 0.6) is 0 Å². The summed E-state index contributed by atoms with van der Waals surface area (Å²) in [4.78, 5) is 22.3. The second-order valence-corrected chi connectivity index (χ2v) is 8.86. The van der Waals surface area contributed by atoms with Crippen molar-refractivity contribution in [3.05, 3.63) is 71.3 Å². The molecular formula is C26H31F2N3O. The summed E-state index contributed by atoms with van der Waals surface area (Å²) in [5, 5.41) is 0. The summed E-state index contributed by atoms with van der Waals surface area (Å²) in [6, 6.07) is 13.0. The molecule has 0 bridgehead atoms. The maximum Gasteiger partial charge on any atom is 0.260 e. The van der Waals surface area contributed by atoms with Crippen LogP contribution >= 0.6 is 0 Å². The lowest BCUT2D eigenvalue weighted by Gasteiger charge is -2.32.